The van der Waals surface area contributed by atoms with Crippen LogP contribution >= 0.6 is 0 Å². The van der Waals surface area contributed by atoms with Gasteiger partial charge >= 0.3 is 0 Å². The molecule has 0 radical (unpaired) electrons. The summed E-state index contributed by atoms with van der Waals surface area (Å²) in [5.41, 5.74) is 1.06. The monoisotopic (exact) mass is 362 g/mol. The molecule has 6 nitrogen and oxygen atoms in total. The summed E-state index contributed by atoms with van der Waals surface area (Å²) in [6.45, 7) is 4.91. The van der Waals surface area contributed by atoms with Crippen molar-refractivity contribution in [3.8, 4) is 17.6 Å². The third-order valence-corrected chi connectivity index (χ3v) is 4.44. The Morgan fingerprint density at radius 2 is 1.96 bits per heavy atom. The second-order valence-corrected chi connectivity index (χ2v) is 6.90. The molecular weight excluding hydrogens is 336 g/mol. The van der Waals surface area contributed by atoms with E-state index < -0.39 is 11.9 Å². The van der Waals surface area contributed by atoms with Crippen LogP contribution in [0.15, 0.2) is 24.3 Å². The van der Waals surface area contributed by atoms with E-state index in [4.69, 9.17) is 23.7 Å². The highest BCUT2D eigenvalue weighted by molar-refractivity contribution is 5.26. The van der Waals surface area contributed by atoms with Crippen molar-refractivity contribution < 1.29 is 28.8 Å². The molecule has 1 N–H and O–H groups in total. The Balaban J connectivity index is 1.39. The van der Waals surface area contributed by atoms with E-state index in [-0.39, 0.29) is 18.3 Å². The number of methoxy groups -OCH3 is 1. The molecule has 0 unspecified atom stereocenters. The Morgan fingerprint density at radius 3 is 2.69 bits per heavy atom. The maximum atomic E-state index is 10.4. The average Bonchev–Trinajstić information content (AvgIpc) is 2.95. The maximum Gasteiger partial charge on any atom is 0.164 e. The van der Waals surface area contributed by atoms with Crippen molar-refractivity contribution in [2.45, 2.75) is 57.1 Å². The second-order valence-electron chi connectivity index (χ2n) is 6.90. The first-order valence-electron chi connectivity index (χ1n) is 8.80. The van der Waals surface area contributed by atoms with Gasteiger partial charge in [0.1, 0.15) is 30.7 Å². The summed E-state index contributed by atoms with van der Waals surface area (Å²) in [4.78, 5) is 0. The predicted octanol–water partition coefficient (Wildman–Crippen LogP) is 1.89. The van der Waals surface area contributed by atoms with Crippen molar-refractivity contribution in [1.82, 2.24) is 0 Å². The number of fused-ring (bicyclic) bond motifs is 1. The van der Waals surface area contributed by atoms with E-state index in [0.717, 1.165) is 11.3 Å². The average molecular weight is 362 g/mol. The summed E-state index contributed by atoms with van der Waals surface area (Å²) in [5.74, 6) is 6.11. The molecule has 2 heterocycles. The summed E-state index contributed by atoms with van der Waals surface area (Å²) in [6, 6.07) is 7.71. The molecular formula is C20H26O6. The Labute approximate surface area is 154 Å². The molecule has 4 atom stereocenters. The summed E-state index contributed by atoms with van der Waals surface area (Å²) in [6.07, 6.45) is -1.28. The van der Waals surface area contributed by atoms with Crippen molar-refractivity contribution in [3.05, 3.63) is 29.8 Å². The van der Waals surface area contributed by atoms with Crippen LogP contribution in [0.1, 0.15) is 25.8 Å². The summed E-state index contributed by atoms with van der Waals surface area (Å²) >= 11 is 0. The number of benzene rings is 1. The minimum absolute atomic E-state index is 0.225. The van der Waals surface area contributed by atoms with Crippen LogP contribution in [-0.4, -0.2) is 55.6 Å². The molecule has 0 saturated carbocycles. The van der Waals surface area contributed by atoms with Gasteiger partial charge in [0.05, 0.1) is 26.4 Å². The lowest BCUT2D eigenvalue weighted by Gasteiger charge is -2.33. The number of hydrogen-bond donors (Lipinski definition) is 1. The largest absolute Gasteiger partial charge is 0.497 e. The van der Waals surface area contributed by atoms with Crippen LogP contribution in [0.3, 0.4) is 0 Å². The number of hydrogen-bond acceptors (Lipinski definition) is 6. The minimum atomic E-state index is -0.745. The van der Waals surface area contributed by atoms with Crippen molar-refractivity contribution in [2.24, 2.45) is 0 Å². The molecule has 0 spiro atoms. The van der Waals surface area contributed by atoms with Crippen LogP contribution in [0.25, 0.3) is 0 Å². The quantitative estimate of drug-likeness (QED) is 0.637. The fourth-order valence-corrected chi connectivity index (χ4v) is 3.16. The Kier molecular flexibility index (Phi) is 6.17. The van der Waals surface area contributed by atoms with Gasteiger partial charge in [0.25, 0.3) is 0 Å². The van der Waals surface area contributed by atoms with Crippen molar-refractivity contribution in [3.63, 3.8) is 0 Å². The van der Waals surface area contributed by atoms with Gasteiger partial charge in [-0.3, -0.25) is 0 Å². The zero-order chi connectivity index (χ0) is 18.6. The smallest absolute Gasteiger partial charge is 0.164 e. The van der Waals surface area contributed by atoms with Crippen LogP contribution in [-0.2, 0) is 25.6 Å². The van der Waals surface area contributed by atoms with Gasteiger partial charge in [0.15, 0.2) is 5.79 Å². The van der Waals surface area contributed by atoms with Crippen molar-refractivity contribution in [1.29, 1.82) is 0 Å². The van der Waals surface area contributed by atoms with Gasteiger partial charge in [0.2, 0.25) is 0 Å². The number of aliphatic hydroxyl groups excluding tert-OH is 1. The number of ether oxygens (including phenoxy) is 5. The van der Waals surface area contributed by atoms with Crippen LogP contribution in [0.4, 0.5) is 0 Å². The summed E-state index contributed by atoms with van der Waals surface area (Å²) < 4.78 is 27.8. The summed E-state index contributed by atoms with van der Waals surface area (Å²) in [5, 5.41) is 10.4. The highest BCUT2D eigenvalue weighted by atomic mass is 16.8. The molecule has 2 saturated heterocycles. The standard InChI is InChI=1S/C20H26O6/c1-20(2)25-17-13-24-16(18(21)19(17)26-20)6-4-5-11-23-12-14-7-9-15(22-3)10-8-14/h7-10,16-19,21H,6,11-13H2,1-3H3/t16-,17-,18+,19-/m1/s1. The van der Waals surface area contributed by atoms with Gasteiger partial charge in [0, 0.05) is 6.42 Å². The lowest BCUT2D eigenvalue weighted by molar-refractivity contribution is -0.159. The van der Waals surface area contributed by atoms with Crippen LogP contribution < -0.4 is 4.74 Å². The number of rotatable bonds is 5. The zero-order valence-corrected chi connectivity index (χ0v) is 15.4. The second kappa shape index (κ2) is 8.38. The third kappa shape index (κ3) is 4.76. The molecule has 3 rings (SSSR count). The fraction of sp³-hybridized carbons (Fsp3) is 0.600. The first kappa shape index (κ1) is 19.2. The Morgan fingerprint density at radius 1 is 1.19 bits per heavy atom. The molecule has 26 heavy (non-hydrogen) atoms. The van der Waals surface area contributed by atoms with E-state index >= 15 is 0 Å². The Hall–Kier alpha value is -1.62. The molecule has 2 aliphatic rings. The lowest BCUT2D eigenvalue weighted by atomic mass is 9.98. The van der Waals surface area contributed by atoms with Gasteiger partial charge < -0.3 is 28.8 Å². The van der Waals surface area contributed by atoms with Gasteiger partial charge in [-0.1, -0.05) is 24.0 Å². The van der Waals surface area contributed by atoms with Crippen molar-refractivity contribution in [2.75, 3.05) is 20.3 Å². The molecule has 0 aromatic heterocycles. The molecule has 6 heteroatoms. The van der Waals surface area contributed by atoms with Crippen molar-refractivity contribution >= 4 is 0 Å². The number of aliphatic hydroxyl groups is 1. The van der Waals surface area contributed by atoms with E-state index in [0.29, 0.717) is 26.2 Å². The Bertz CT molecular complexity index is 645. The van der Waals surface area contributed by atoms with Crippen LogP contribution in [0.2, 0.25) is 0 Å². The molecule has 0 bridgehead atoms. The van der Waals surface area contributed by atoms with E-state index in [1.54, 1.807) is 7.11 Å². The van der Waals surface area contributed by atoms with E-state index in [1.807, 2.05) is 38.1 Å². The molecule has 0 aliphatic carbocycles. The molecule has 0 amide bonds. The summed E-state index contributed by atoms with van der Waals surface area (Å²) in [7, 11) is 1.64. The fourth-order valence-electron chi connectivity index (χ4n) is 3.16. The van der Waals surface area contributed by atoms with Gasteiger partial charge in [-0.05, 0) is 31.5 Å². The highest BCUT2D eigenvalue weighted by Gasteiger charge is 2.50. The lowest BCUT2D eigenvalue weighted by Crippen LogP contribution is -2.51. The van der Waals surface area contributed by atoms with Gasteiger partial charge in [-0.15, -0.1) is 0 Å². The van der Waals surface area contributed by atoms with Crippen LogP contribution in [0.5, 0.6) is 5.75 Å². The van der Waals surface area contributed by atoms with E-state index in [1.165, 1.54) is 0 Å². The minimum Gasteiger partial charge on any atom is -0.497 e. The van der Waals surface area contributed by atoms with Gasteiger partial charge in [-0.25, -0.2) is 0 Å². The highest BCUT2D eigenvalue weighted by Crippen LogP contribution is 2.34. The molecule has 1 aromatic rings. The first-order valence-corrected chi connectivity index (χ1v) is 8.80. The molecule has 2 aliphatic heterocycles. The molecule has 1 aromatic carbocycles. The first-order chi connectivity index (χ1) is 12.5. The topological polar surface area (TPSA) is 66.4 Å². The zero-order valence-electron chi connectivity index (χ0n) is 15.4. The normalized spacial score (nSPS) is 29.5. The van der Waals surface area contributed by atoms with Crippen LogP contribution in [0, 0.1) is 11.8 Å². The predicted molar refractivity (Wildman–Crippen MR) is 94.6 cm³/mol. The third-order valence-electron chi connectivity index (χ3n) is 4.44. The SMILES string of the molecule is COc1ccc(COCC#CC[C@H]2OC[C@H]3OC(C)(C)O[C@H]3[C@H]2O)cc1. The van der Waals surface area contributed by atoms with E-state index in [2.05, 4.69) is 11.8 Å². The van der Waals surface area contributed by atoms with E-state index in [9.17, 15) is 5.11 Å². The molecule has 142 valence electrons. The van der Waals surface area contributed by atoms with Gasteiger partial charge in [-0.2, -0.15) is 0 Å². The maximum absolute atomic E-state index is 10.4. The molecule has 2 fully saturated rings.